The maximum absolute atomic E-state index is 13.0. The van der Waals surface area contributed by atoms with Gasteiger partial charge in [0, 0.05) is 24.8 Å². The van der Waals surface area contributed by atoms with Crippen molar-refractivity contribution in [3.8, 4) is 0 Å². The van der Waals surface area contributed by atoms with Gasteiger partial charge >= 0.3 is 0 Å². The number of carbonyl (C=O) groups is 1. The zero-order valence-electron chi connectivity index (χ0n) is 16.5. The number of nitrogens with one attached hydrogen (secondary N) is 1. The second-order valence-corrected chi connectivity index (χ2v) is 9.75. The monoisotopic (exact) mass is 386 g/mol. The molecule has 3 rings (SSSR count). The molecule has 1 heterocycles. The van der Waals surface area contributed by atoms with Crippen molar-refractivity contribution >= 4 is 27.3 Å². The normalized spacial score (nSPS) is 14.2. The molecule has 0 saturated carbocycles. The van der Waals surface area contributed by atoms with Crippen molar-refractivity contribution in [1.82, 2.24) is 0 Å². The lowest BCUT2D eigenvalue weighted by molar-refractivity contribution is -0.116. The van der Waals surface area contributed by atoms with Gasteiger partial charge in [0.2, 0.25) is 5.91 Å². The molecule has 1 aliphatic heterocycles. The van der Waals surface area contributed by atoms with E-state index in [2.05, 4.69) is 25.5 Å². The van der Waals surface area contributed by atoms with Crippen LogP contribution in [0.3, 0.4) is 0 Å². The van der Waals surface area contributed by atoms with Crippen LogP contribution in [-0.4, -0.2) is 20.9 Å². The molecular weight excluding hydrogens is 360 g/mol. The Balaban J connectivity index is 1.93. The Morgan fingerprint density at radius 1 is 1.11 bits per heavy atom. The van der Waals surface area contributed by atoms with E-state index in [4.69, 9.17) is 0 Å². The molecule has 5 nitrogen and oxygen atoms in total. The molecule has 2 aromatic rings. The lowest BCUT2D eigenvalue weighted by Crippen LogP contribution is -2.25. The zero-order valence-corrected chi connectivity index (χ0v) is 17.3. The van der Waals surface area contributed by atoms with Crippen molar-refractivity contribution in [3.05, 3.63) is 53.1 Å². The van der Waals surface area contributed by atoms with Crippen molar-refractivity contribution in [2.45, 2.75) is 51.3 Å². The highest BCUT2D eigenvalue weighted by Gasteiger charge is 2.24. The van der Waals surface area contributed by atoms with Gasteiger partial charge in [0.15, 0.2) is 0 Å². The highest BCUT2D eigenvalue weighted by Crippen LogP contribution is 2.32. The van der Waals surface area contributed by atoms with Crippen LogP contribution in [0.15, 0.2) is 41.3 Å². The molecule has 0 atom stereocenters. The van der Waals surface area contributed by atoms with Crippen LogP contribution in [0.1, 0.15) is 44.4 Å². The molecule has 0 bridgehead atoms. The van der Waals surface area contributed by atoms with Crippen LogP contribution in [0, 0.1) is 6.92 Å². The summed E-state index contributed by atoms with van der Waals surface area (Å²) in [7, 11) is -3.70. The second-order valence-electron chi connectivity index (χ2n) is 8.10. The smallest absolute Gasteiger partial charge is 0.262 e. The van der Waals surface area contributed by atoms with E-state index < -0.39 is 10.0 Å². The minimum atomic E-state index is -3.70. The molecule has 1 amide bonds. The van der Waals surface area contributed by atoms with Gasteiger partial charge in [-0.15, -0.1) is 0 Å². The van der Waals surface area contributed by atoms with Gasteiger partial charge in [-0.25, -0.2) is 8.42 Å². The molecule has 0 radical (unpaired) electrons. The Morgan fingerprint density at radius 3 is 2.44 bits per heavy atom. The number of aryl methyl sites for hydroxylation is 1. The molecule has 0 aliphatic carbocycles. The Hall–Kier alpha value is -2.34. The highest BCUT2D eigenvalue weighted by atomic mass is 32.2. The number of anilines is 2. The highest BCUT2D eigenvalue weighted by molar-refractivity contribution is 7.92. The first-order valence-corrected chi connectivity index (χ1v) is 10.5. The van der Waals surface area contributed by atoms with Crippen molar-refractivity contribution < 1.29 is 13.2 Å². The average molecular weight is 387 g/mol. The molecular formula is C21H26N2O3S. The Labute approximate surface area is 161 Å². The molecule has 1 aliphatic rings. The van der Waals surface area contributed by atoms with E-state index in [0.29, 0.717) is 22.7 Å². The first-order valence-electron chi connectivity index (χ1n) is 9.04. The summed E-state index contributed by atoms with van der Waals surface area (Å²) in [6.07, 6.45) is 0.725. The largest absolute Gasteiger partial charge is 0.312 e. The van der Waals surface area contributed by atoms with E-state index in [1.165, 1.54) is 6.92 Å². The van der Waals surface area contributed by atoms with Crippen LogP contribution in [-0.2, 0) is 26.7 Å². The average Bonchev–Trinajstić information content (AvgIpc) is 2.96. The minimum absolute atomic E-state index is 0.00305. The first kappa shape index (κ1) is 19.4. The maximum Gasteiger partial charge on any atom is 0.262 e. The van der Waals surface area contributed by atoms with E-state index in [1.54, 1.807) is 30.0 Å². The molecule has 144 valence electrons. The van der Waals surface area contributed by atoms with Gasteiger partial charge < -0.3 is 4.90 Å². The van der Waals surface area contributed by atoms with Crippen LogP contribution in [0.5, 0.6) is 0 Å². The fraction of sp³-hybridized carbons (Fsp3) is 0.381. The summed E-state index contributed by atoms with van der Waals surface area (Å²) >= 11 is 0. The summed E-state index contributed by atoms with van der Waals surface area (Å²) in [5, 5.41) is 0. The van der Waals surface area contributed by atoms with Crippen molar-refractivity contribution in [3.63, 3.8) is 0 Å². The van der Waals surface area contributed by atoms with Crippen LogP contribution in [0.4, 0.5) is 11.4 Å². The van der Waals surface area contributed by atoms with Crippen LogP contribution in [0.2, 0.25) is 0 Å². The van der Waals surface area contributed by atoms with Crippen molar-refractivity contribution in [2.75, 3.05) is 16.2 Å². The van der Waals surface area contributed by atoms with E-state index in [1.807, 2.05) is 18.2 Å². The molecule has 27 heavy (non-hydrogen) atoms. The van der Waals surface area contributed by atoms with E-state index in [0.717, 1.165) is 23.2 Å². The second kappa shape index (κ2) is 6.68. The van der Waals surface area contributed by atoms with E-state index >= 15 is 0 Å². The molecule has 0 aromatic heterocycles. The van der Waals surface area contributed by atoms with Crippen LogP contribution < -0.4 is 9.62 Å². The molecule has 6 heteroatoms. The Bertz CT molecular complexity index is 1000. The lowest BCUT2D eigenvalue weighted by Gasteiger charge is -2.21. The summed E-state index contributed by atoms with van der Waals surface area (Å²) in [5.41, 5.74) is 3.89. The number of benzene rings is 2. The predicted molar refractivity (Wildman–Crippen MR) is 109 cm³/mol. The quantitative estimate of drug-likeness (QED) is 0.867. The fourth-order valence-electron chi connectivity index (χ4n) is 3.36. The van der Waals surface area contributed by atoms with Gasteiger partial charge in [-0.1, -0.05) is 32.9 Å². The van der Waals surface area contributed by atoms with Gasteiger partial charge in [-0.05, 0) is 59.7 Å². The van der Waals surface area contributed by atoms with Crippen LogP contribution in [0.25, 0.3) is 0 Å². The van der Waals surface area contributed by atoms with E-state index in [-0.39, 0.29) is 11.3 Å². The SMILES string of the molecule is CC(=O)N1CCc2cc(NS(=O)(=O)c3cc(C(C)(C)C)ccc3C)ccc21. The topological polar surface area (TPSA) is 66.5 Å². The van der Waals surface area contributed by atoms with Crippen molar-refractivity contribution in [2.24, 2.45) is 0 Å². The number of fused-ring (bicyclic) bond motifs is 1. The third-order valence-electron chi connectivity index (χ3n) is 4.95. The molecule has 1 N–H and O–H groups in total. The van der Waals surface area contributed by atoms with E-state index in [9.17, 15) is 13.2 Å². The summed E-state index contributed by atoms with van der Waals surface area (Å²) < 4.78 is 28.7. The zero-order chi connectivity index (χ0) is 20.0. The number of rotatable bonds is 3. The van der Waals surface area contributed by atoms with Gasteiger partial charge in [0.1, 0.15) is 0 Å². The fourth-order valence-corrected chi connectivity index (χ4v) is 4.68. The van der Waals surface area contributed by atoms with Crippen LogP contribution >= 0.6 is 0 Å². The van der Waals surface area contributed by atoms with Gasteiger partial charge in [0.25, 0.3) is 10.0 Å². The van der Waals surface area contributed by atoms with Gasteiger partial charge in [-0.2, -0.15) is 0 Å². The van der Waals surface area contributed by atoms with Crippen molar-refractivity contribution in [1.29, 1.82) is 0 Å². The molecule has 0 saturated heterocycles. The van der Waals surface area contributed by atoms with Gasteiger partial charge in [0.05, 0.1) is 4.90 Å². The standard InChI is InChI=1S/C21H26N2O3S/c1-14-6-7-17(21(3,4)5)13-20(14)27(25,26)22-18-8-9-19-16(12-18)10-11-23(19)15(2)24/h6-9,12-13,22H,10-11H2,1-5H3. The third-order valence-corrected chi connectivity index (χ3v) is 6.47. The third kappa shape index (κ3) is 3.86. The Morgan fingerprint density at radius 2 is 1.81 bits per heavy atom. The summed E-state index contributed by atoms with van der Waals surface area (Å²) in [5.74, 6) is -0.00305. The molecule has 2 aromatic carbocycles. The number of sulfonamides is 1. The molecule has 0 fully saturated rings. The lowest BCUT2D eigenvalue weighted by atomic mass is 9.87. The predicted octanol–water partition coefficient (Wildman–Crippen LogP) is 4.00. The minimum Gasteiger partial charge on any atom is -0.312 e. The number of hydrogen-bond donors (Lipinski definition) is 1. The molecule has 0 unspecified atom stereocenters. The summed E-state index contributed by atoms with van der Waals surface area (Å²) in [6, 6.07) is 10.9. The first-order chi connectivity index (χ1) is 12.5. The number of amides is 1. The Kier molecular flexibility index (Phi) is 4.80. The summed E-state index contributed by atoms with van der Waals surface area (Å²) in [6.45, 7) is 10.1. The maximum atomic E-state index is 13.0. The van der Waals surface area contributed by atoms with Gasteiger partial charge in [-0.3, -0.25) is 9.52 Å². The summed E-state index contributed by atoms with van der Waals surface area (Å²) in [4.78, 5) is 13.7. The number of hydrogen-bond acceptors (Lipinski definition) is 3. The number of carbonyl (C=O) groups excluding carboxylic acids is 1. The molecule has 0 spiro atoms. The number of nitrogens with zero attached hydrogens (tertiary/aromatic N) is 1.